The predicted molar refractivity (Wildman–Crippen MR) is 112 cm³/mol. The third kappa shape index (κ3) is 1.78. The zero-order chi connectivity index (χ0) is 18.2. The summed E-state index contributed by atoms with van der Waals surface area (Å²) in [6.07, 6.45) is 7.83. The molecule has 0 amide bonds. The topological polar surface area (TPSA) is 114 Å². The smallest absolute Gasteiger partial charge is 0.117 e. The molecule has 0 bridgehead atoms. The fraction of sp³-hybridized carbons (Fsp3) is 0. The van der Waals surface area contributed by atoms with Crippen LogP contribution in [0.25, 0.3) is 55.4 Å². The van der Waals surface area contributed by atoms with Gasteiger partial charge in [-0.2, -0.15) is 17.5 Å². The highest BCUT2D eigenvalue weighted by atomic mass is 32.1. The first-order valence-corrected chi connectivity index (χ1v) is 10.0. The van der Waals surface area contributed by atoms with Crippen molar-refractivity contribution in [1.29, 1.82) is 0 Å². The minimum absolute atomic E-state index is 0.842. The number of hydrogen-bond donors (Lipinski definition) is 4. The van der Waals surface area contributed by atoms with Gasteiger partial charge < -0.3 is 19.9 Å². The van der Waals surface area contributed by atoms with Crippen LogP contribution in [-0.4, -0.2) is 28.7 Å². The van der Waals surface area contributed by atoms with E-state index in [1.165, 1.54) is 23.1 Å². The molecule has 5 aromatic heterocycles. The van der Waals surface area contributed by atoms with Crippen molar-refractivity contribution >= 4 is 67.3 Å². The largest absolute Gasteiger partial charge is 0.365 e. The van der Waals surface area contributed by atoms with Gasteiger partial charge in [0, 0.05) is 35.6 Å². The first kappa shape index (κ1) is 14.5. The van der Waals surface area contributed by atoms with Crippen molar-refractivity contribution in [3.63, 3.8) is 0 Å². The van der Waals surface area contributed by atoms with E-state index in [-0.39, 0.29) is 0 Å². The lowest BCUT2D eigenvalue weighted by Gasteiger charge is -2.09. The molecular weight excluding hydrogens is 392 g/mol. The maximum Gasteiger partial charge on any atom is 0.117 e. The van der Waals surface area contributed by atoms with Crippen LogP contribution in [0.3, 0.4) is 0 Å². The molecule has 10 heteroatoms. The summed E-state index contributed by atoms with van der Waals surface area (Å²) in [5.41, 5.74) is 9.31. The third-order valence-electron chi connectivity index (χ3n) is 5.16. The van der Waals surface area contributed by atoms with E-state index in [9.17, 15) is 0 Å². The zero-order valence-corrected chi connectivity index (χ0v) is 15.7. The molecule has 7 rings (SSSR count). The van der Waals surface area contributed by atoms with Crippen LogP contribution in [0.1, 0.15) is 0 Å². The maximum atomic E-state index is 4.63. The Kier molecular flexibility index (Phi) is 2.63. The van der Waals surface area contributed by atoms with E-state index in [4.69, 9.17) is 0 Å². The van der Waals surface area contributed by atoms with Gasteiger partial charge in [0.15, 0.2) is 0 Å². The van der Waals surface area contributed by atoms with Crippen molar-refractivity contribution < 1.29 is 0 Å². The van der Waals surface area contributed by atoms with Gasteiger partial charge in [-0.05, 0) is 12.1 Å². The Bertz CT molecular complexity index is 1440. The van der Waals surface area contributed by atoms with Crippen LogP contribution in [0.2, 0.25) is 0 Å². The molecule has 0 radical (unpaired) electrons. The average molecular weight is 402 g/mol. The van der Waals surface area contributed by atoms with Gasteiger partial charge in [0.1, 0.15) is 22.4 Å². The Hall–Kier alpha value is -3.50. The molecule has 134 valence electrons. The number of benzene rings is 1. The van der Waals surface area contributed by atoms with Crippen LogP contribution in [-0.2, 0) is 11.4 Å². The van der Waals surface area contributed by atoms with Crippen molar-refractivity contribution in [2.75, 3.05) is 0 Å². The molecule has 0 unspecified atom stereocenters. The van der Waals surface area contributed by atoms with Crippen LogP contribution >= 0.6 is 11.7 Å². The van der Waals surface area contributed by atoms with Crippen LogP contribution in [0, 0.1) is 0 Å². The second kappa shape index (κ2) is 5.06. The Balaban J connectivity index is 1.59. The molecule has 4 N–H and O–H groups in total. The van der Waals surface area contributed by atoms with Crippen molar-refractivity contribution in [2.24, 2.45) is 8.73 Å². The lowest BCUT2D eigenvalue weighted by Crippen LogP contribution is -1.88. The lowest BCUT2D eigenvalue weighted by molar-refractivity contribution is 1.37. The molecule has 1 aromatic carbocycles. The lowest BCUT2D eigenvalue weighted by atomic mass is 9.99. The Morgan fingerprint density at radius 2 is 1.21 bits per heavy atom. The highest BCUT2D eigenvalue weighted by Crippen LogP contribution is 2.51. The summed E-state index contributed by atoms with van der Waals surface area (Å²) >= 11 is 2.42. The molecule has 1 aliphatic rings. The van der Waals surface area contributed by atoms with Crippen molar-refractivity contribution in [2.45, 2.75) is 0 Å². The van der Waals surface area contributed by atoms with E-state index >= 15 is 0 Å². The molecule has 6 heterocycles. The zero-order valence-electron chi connectivity index (χ0n) is 14.1. The second-order valence-electron chi connectivity index (χ2n) is 6.69. The molecule has 0 saturated heterocycles. The highest BCUT2D eigenvalue weighted by molar-refractivity contribution is 7.58. The molecule has 0 spiro atoms. The number of nitrogens with one attached hydrogen (secondary N) is 4. The predicted octanol–water partition coefficient (Wildman–Crippen LogP) is 5.37. The third-order valence-corrected chi connectivity index (χ3v) is 6.21. The van der Waals surface area contributed by atoms with Crippen molar-refractivity contribution in [3.05, 3.63) is 36.9 Å². The summed E-state index contributed by atoms with van der Waals surface area (Å²) in [5, 5.41) is 2.23. The van der Waals surface area contributed by atoms with Gasteiger partial charge >= 0.3 is 0 Å². The number of hydrogen-bond acceptors (Lipinski definition) is 5. The molecule has 0 saturated carbocycles. The number of aromatic amines is 4. The Morgan fingerprint density at radius 3 is 1.71 bits per heavy atom. The number of fused-ring (bicyclic) bond motifs is 4. The molecule has 0 fully saturated rings. The summed E-state index contributed by atoms with van der Waals surface area (Å²) in [6, 6.07) is 4.22. The first-order valence-electron chi connectivity index (χ1n) is 8.59. The Labute approximate surface area is 164 Å². The van der Waals surface area contributed by atoms with E-state index in [1.54, 1.807) is 0 Å². The summed E-state index contributed by atoms with van der Waals surface area (Å²) in [6.45, 7) is 0. The van der Waals surface area contributed by atoms with E-state index in [0.717, 1.165) is 66.7 Å². The van der Waals surface area contributed by atoms with Crippen molar-refractivity contribution in [1.82, 2.24) is 28.7 Å². The summed E-state index contributed by atoms with van der Waals surface area (Å²) in [5.74, 6) is 0. The summed E-state index contributed by atoms with van der Waals surface area (Å²) in [4.78, 5) is 13.1. The fourth-order valence-electron chi connectivity index (χ4n) is 3.92. The van der Waals surface area contributed by atoms with Crippen LogP contribution in [0.4, 0.5) is 11.4 Å². The first-order chi connectivity index (χ1) is 13.9. The fourth-order valence-corrected chi connectivity index (χ4v) is 5.04. The monoisotopic (exact) mass is 402 g/mol. The van der Waals surface area contributed by atoms with Gasteiger partial charge in [0.2, 0.25) is 0 Å². The molecule has 8 nitrogen and oxygen atoms in total. The molecule has 0 atom stereocenters. The van der Waals surface area contributed by atoms with E-state index in [0.29, 0.717) is 0 Å². The normalized spacial score (nSPS) is 13.1. The van der Waals surface area contributed by atoms with Gasteiger partial charge in [0.05, 0.1) is 56.6 Å². The number of nitrogens with zero attached hydrogens (tertiary/aromatic N) is 4. The number of rotatable bonds is 2. The SMILES string of the molecule is c1[nH]cc2[nH]c(-c3c4c(c(-c5cc6c[nH]cc6[nH]5)c5nsnc35)N=S=N4)cc12. The highest BCUT2D eigenvalue weighted by Gasteiger charge is 2.27. The summed E-state index contributed by atoms with van der Waals surface area (Å²) < 4.78 is 18.5. The minimum atomic E-state index is 0.842. The van der Waals surface area contributed by atoms with Crippen LogP contribution < -0.4 is 0 Å². The Morgan fingerprint density at radius 1 is 0.679 bits per heavy atom. The van der Waals surface area contributed by atoms with E-state index < -0.39 is 0 Å². The molecule has 1 aliphatic heterocycles. The molecule has 0 aliphatic carbocycles. The van der Waals surface area contributed by atoms with Crippen LogP contribution in [0.15, 0.2) is 45.6 Å². The minimum Gasteiger partial charge on any atom is -0.365 e. The molecular formula is C18H10N8S2. The van der Waals surface area contributed by atoms with E-state index in [2.05, 4.69) is 49.5 Å². The quantitative estimate of drug-likeness (QED) is 0.311. The molecule has 28 heavy (non-hydrogen) atoms. The van der Waals surface area contributed by atoms with Crippen molar-refractivity contribution in [3.8, 4) is 22.5 Å². The second-order valence-corrected chi connectivity index (χ2v) is 7.74. The van der Waals surface area contributed by atoms with Gasteiger partial charge in [-0.3, -0.25) is 0 Å². The molecule has 6 aromatic rings. The van der Waals surface area contributed by atoms with Gasteiger partial charge in [-0.1, -0.05) is 0 Å². The van der Waals surface area contributed by atoms with Gasteiger partial charge in [0.25, 0.3) is 0 Å². The summed E-state index contributed by atoms with van der Waals surface area (Å²) in [7, 11) is 0. The number of aromatic nitrogens is 6. The number of H-pyrrole nitrogens is 4. The maximum absolute atomic E-state index is 4.63. The van der Waals surface area contributed by atoms with Crippen LogP contribution in [0.5, 0.6) is 0 Å². The van der Waals surface area contributed by atoms with E-state index in [1.807, 2.05) is 24.8 Å². The van der Waals surface area contributed by atoms with Gasteiger partial charge in [-0.25, -0.2) is 0 Å². The standard InChI is InChI=1S/C18H10N8S2/c1-7-3-19-5-11(7)21-9(1)13-15-17(25-27-23-15)14(18-16(13)24-28-26-18)10-2-8-4-20-6-12(8)22-10/h1-6,19-22H. The van der Waals surface area contributed by atoms with Gasteiger partial charge in [-0.15, -0.1) is 0 Å². The average Bonchev–Trinajstić information content (AvgIpc) is 3.48.